The first-order valence-electron chi connectivity index (χ1n) is 6.34. The summed E-state index contributed by atoms with van der Waals surface area (Å²) in [6.07, 6.45) is 0.777. The Balaban J connectivity index is 2.50. The van der Waals surface area contributed by atoms with Gasteiger partial charge in [0.25, 0.3) is 5.91 Å². The summed E-state index contributed by atoms with van der Waals surface area (Å²) in [6.45, 7) is 6.86. The fraction of sp³-hybridized carbons (Fsp3) is 0.500. The highest BCUT2D eigenvalue weighted by Gasteiger charge is 2.19. The van der Waals surface area contributed by atoms with Crippen molar-refractivity contribution >= 4 is 29.0 Å². The average molecular weight is 297 g/mol. The standard InChI is InChI=1S/C14H19NO4S/c1-5-14(3,4)15-12(17)8-19-13(18)11-7-6-10(20-11)9(2)16/h6-7H,5,8H2,1-4H3,(H,15,17). The van der Waals surface area contributed by atoms with Crippen LogP contribution in [0.3, 0.4) is 0 Å². The van der Waals surface area contributed by atoms with E-state index in [1.54, 1.807) is 6.07 Å². The second-order valence-electron chi connectivity index (χ2n) is 5.08. The minimum absolute atomic E-state index is 0.100. The van der Waals surface area contributed by atoms with Crippen molar-refractivity contribution in [1.82, 2.24) is 5.32 Å². The van der Waals surface area contributed by atoms with E-state index in [-0.39, 0.29) is 23.8 Å². The van der Waals surface area contributed by atoms with Gasteiger partial charge in [0.1, 0.15) is 4.88 Å². The van der Waals surface area contributed by atoms with Gasteiger partial charge in [-0.2, -0.15) is 0 Å². The summed E-state index contributed by atoms with van der Waals surface area (Å²) >= 11 is 1.06. The molecule has 0 aliphatic rings. The number of ether oxygens (including phenoxy) is 1. The summed E-state index contributed by atoms with van der Waals surface area (Å²) in [4.78, 5) is 35.3. The summed E-state index contributed by atoms with van der Waals surface area (Å²) in [5.74, 6) is -1.03. The summed E-state index contributed by atoms with van der Waals surface area (Å²) in [6, 6.07) is 3.10. The van der Waals surface area contributed by atoms with E-state index in [9.17, 15) is 14.4 Å². The first-order chi connectivity index (χ1) is 9.25. The summed E-state index contributed by atoms with van der Waals surface area (Å²) < 4.78 is 4.92. The molecule has 1 N–H and O–H groups in total. The Morgan fingerprint density at radius 1 is 1.25 bits per heavy atom. The number of amides is 1. The lowest BCUT2D eigenvalue weighted by atomic mass is 10.0. The molecular formula is C14H19NO4S. The largest absolute Gasteiger partial charge is 0.451 e. The third-order valence-corrected chi connectivity index (χ3v) is 4.02. The molecule has 6 heteroatoms. The Morgan fingerprint density at radius 2 is 1.85 bits per heavy atom. The second kappa shape index (κ2) is 6.65. The van der Waals surface area contributed by atoms with Gasteiger partial charge in [-0.25, -0.2) is 4.79 Å². The predicted molar refractivity (Wildman–Crippen MR) is 77.1 cm³/mol. The molecule has 1 aromatic rings. The number of ketones is 1. The molecule has 0 spiro atoms. The summed E-state index contributed by atoms with van der Waals surface area (Å²) in [7, 11) is 0. The lowest BCUT2D eigenvalue weighted by Crippen LogP contribution is -2.44. The van der Waals surface area contributed by atoms with Gasteiger partial charge in [0.05, 0.1) is 4.88 Å². The van der Waals surface area contributed by atoms with E-state index in [0.717, 1.165) is 17.8 Å². The van der Waals surface area contributed by atoms with Crippen LogP contribution >= 0.6 is 11.3 Å². The minimum atomic E-state index is -0.591. The van der Waals surface area contributed by atoms with Crippen molar-refractivity contribution in [1.29, 1.82) is 0 Å². The van der Waals surface area contributed by atoms with Crippen LogP contribution in [0.1, 0.15) is 53.5 Å². The summed E-state index contributed by atoms with van der Waals surface area (Å²) in [5.41, 5.74) is -0.325. The maximum Gasteiger partial charge on any atom is 0.348 e. The van der Waals surface area contributed by atoms with Crippen LogP contribution in [0.25, 0.3) is 0 Å². The molecule has 0 atom stereocenters. The van der Waals surface area contributed by atoms with Gasteiger partial charge in [0.2, 0.25) is 0 Å². The highest BCUT2D eigenvalue weighted by molar-refractivity contribution is 7.15. The van der Waals surface area contributed by atoms with Crippen LogP contribution in [0, 0.1) is 0 Å². The third-order valence-electron chi connectivity index (χ3n) is 2.85. The Labute approximate surface area is 122 Å². The molecule has 5 nitrogen and oxygen atoms in total. The van der Waals surface area contributed by atoms with Gasteiger partial charge in [-0.3, -0.25) is 9.59 Å². The maximum absolute atomic E-state index is 11.7. The van der Waals surface area contributed by atoms with E-state index in [2.05, 4.69) is 5.32 Å². The first-order valence-corrected chi connectivity index (χ1v) is 7.15. The fourth-order valence-corrected chi connectivity index (χ4v) is 2.14. The highest BCUT2D eigenvalue weighted by Crippen LogP contribution is 2.17. The molecule has 0 bridgehead atoms. The number of hydrogen-bond donors (Lipinski definition) is 1. The Morgan fingerprint density at radius 3 is 2.35 bits per heavy atom. The minimum Gasteiger partial charge on any atom is -0.451 e. The highest BCUT2D eigenvalue weighted by atomic mass is 32.1. The Kier molecular flexibility index (Phi) is 5.44. The zero-order chi connectivity index (χ0) is 15.3. The lowest BCUT2D eigenvalue weighted by Gasteiger charge is -2.24. The predicted octanol–water partition coefficient (Wildman–Crippen LogP) is 2.41. The quantitative estimate of drug-likeness (QED) is 0.646. The van der Waals surface area contributed by atoms with Crippen molar-refractivity contribution in [3.05, 3.63) is 21.9 Å². The van der Waals surface area contributed by atoms with Crippen molar-refractivity contribution in [2.45, 2.75) is 39.7 Å². The lowest BCUT2D eigenvalue weighted by molar-refractivity contribution is -0.125. The van der Waals surface area contributed by atoms with Crippen molar-refractivity contribution < 1.29 is 19.1 Å². The number of carbonyl (C=O) groups excluding carboxylic acids is 3. The molecule has 0 saturated heterocycles. The van der Waals surface area contributed by atoms with Crippen LogP contribution in [0.2, 0.25) is 0 Å². The molecule has 20 heavy (non-hydrogen) atoms. The van der Waals surface area contributed by atoms with E-state index in [1.807, 2.05) is 20.8 Å². The second-order valence-corrected chi connectivity index (χ2v) is 6.17. The first kappa shape index (κ1) is 16.4. The van der Waals surface area contributed by atoms with Gasteiger partial charge in [-0.05, 0) is 39.3 Å². The number of esters is 1. The molecule has 0 aromatic carbocycles. The van der Waals surface area contributed by atoms with Crippen molar-refractivity contribution in [2.75, 3.05) is 6.61 Å². The third kappa shape index (κ3) is 4.77. The molecule has 1 amide bonds. The van der Waals surface area contributed by atoms with Crippen LogP contribution in [0.4, 0.5) is 0 Å². The normalized spacial score (nSPS) is 11.0. The van der Waals surface area contributed by atoms with E-state index < -0.39 is 5.97 Å². The fourth-order valence-electron chi connectivity index (χ4n) is 1.34. The van der Waals surface area contributed by atoms with Crippen LogP contribution in [-0.4, -0.2) is 29.8 Å². The molecule has 1 rings (SSSR count). The van der Waals surface area contributed by atoms with Crippen molar-refractivity contribution in [3.63, 3.8) is 0 Å². The number of carbonyl (C=O) groups is 3. The molecule has 0 aliphatic heterocycles. The number of thiophene rings is 1. The Hall–Kier alpha value is -1.69. The molecule has 0 aliphatic carbocycles. The number of hydrogen-bond acceptors (Lipinski definition) is 5. The molecular weight excluding hydrogens is 278 g/mol. The van der Waals surface area contributed by atoms with Crippen LogP contribution in [0.5, 0.6) is 0 Å². The van der Waals surface area contributed by atoms with Crippen molar-refractivity contribution in [3.8, 4) is 0 Å². The van der Waals surface area contributed by atoms with E-state index in [1.165, 1.54) is 13.0 Å². The molecule has 0 unspecified atom stereocenters. The van der Waals surface area contributed by atoms with Gasteiger partial charge in [0, 0.05) is 5.54 Å². The topological polar surface area (TPSA) is 72.5 Å². The molecule has 110 valence electrons. The van der Waals surface area contributed by atoms with E-state index >= 15 is 0 Å². The monoisotopic (exact) mass is 297 g/mol. The van der Waals surface area contributed by atoms with Crippen LogP contribution < -0.4 is 5.32 Å². The van der Waals surface area contributed by atoms with Crippen LogP contribution in [-0.2, 0) is 9.53 Å². The van der Waals surface area contributed by atoms with Gasteiger partial charge >= 0.3 is 5.97 Å². The average Bonchev–Trinajstić information content (AvgIpc) is 2.85. The van der Waals surface area contributed by atoms with Gasteiger partial charge < -0.3 is 10.1 Å². The van der Waals surface area contributed by atoms with Gasteiger partial charge in [-0.15, -0.1) is 11.3 Å². The van der Waals surface area contributed by atoms with Gasteiger partial charge in [0.15, 0.2) is 12.4 Å². The molecule has 0 fully saturated rings. The molecule has 1 aromatic heterocycles. The number of Topliss-reactive ketones (excluding diaryl/α,β-unsaturated/α-hetero) is 1. The van der Waals surface area contributed by atoms with Gasteiger partial charge in [-0.1, -0.05) is 6.92 Å². The zero-order valence-corrected chi connectivity index (χ0v) is 12.9. The van der Waals surface area contributed by atoms with Crippen molar-refractivity contribution in [2.24, 2.45) is 0 Å². The number of rotatable bonds is 6. The molecule has 1 heterocycles. The van der Waals surface area contributed by atoms with E-state index in [0.29, 0.717) is 9.75 Å². The molecule has 0 saturated carbocycles. The SMILES string of the molecule is CCC(C)(C)NC(=O)COC(=O)c1ccc(C(C)=O)s1. The number of nitrogens with one attached hydrogen (secondary N) is 1. The molecule has 0 radical (unpaired) electrons. The van der Waals surface area contributed by atoms with E-state index in [4.69, 9.17) is 4.74 Å². The smallest absolute Gasteiger partial charge is 0.348 e. The van der Waals surface area contributed by atoms with Crippen LogP contribution in [0.15, 0.2) is 12.1 Å². The Bertz CT molecular complexity index is 519. The zero-order valence-electron chi connectivity index (χ0n) is 12.1. The summed E-state index contributed by atoms with van der Waals surface area (Å²) in [5, 5.41) is 2.77. The maximum atomic E-state index is 11.7.